The summed E-state index contributed by atoms with van der Waals surface area (Å²) in [6, 6.07) is 5.87. The van der Waals surface area contributed by atoms with Crippen molar-refractivity contribution in [2.24, 2.45) is 11.7 Å². The Bertz CT molecular complexity index is 504. The molecule has 0 radical (unpaired) electrons. The Hall–Kier alpha value is -1.91. The van der Waals surface area contributed by atoms with Crippen molar-refractivity contribution in [3.8, 4) is 0 Å². The van der Waals surface area contributed by atoms with E-state index in [1.54, 1.807) is 12.1 Å². The van der Waals surface area contributed by atoms with Gasteiger partial charge in [0.2, 0.25) is 0 Å². The van der Waals surface area contributed by atoms with Crippen molar-refractivity contribution in [3.63, 3.8) is 0 Å². The number of piperidine rings is 1. The van der Waals surface area contributed by atoms with Crippen molar-refractivity contribution in [1.29, 1.82) is 0 Å². The second-order valence-electron chi connectivity index (χ2n) is 5.08. The number of carbonyl (C=O) groups excluding carboxylic acids is 2. The van der Waals surface area contributed by atoms with Crippen LogP contribution in [0.25, 0.3) is 0 Å². The predicted octanol–water partition coefficient (Wildman–Crippen LogP) is 1.61. The minimum atomic E-state index is -0.962. The number of hydrogen-bond acceptors (Lipinski definition) is 2. The molecule has 2 rings (SSSR count). The van der Waals surface area contributed by atoms with Crippen LogP contribution in [0, 0.1) is 11.7 Å². The lowest BCUT2D eigenvalue weighted by Crippen LogP contribution is -2.46. The first kappa shape index (κ1) is 13.5. The van der Waals surface area contributed by atoms with Gasteiger partial charge in [-0.3, -0.25) is 9.59 Å². The van der Waals surface area contributed by atoms with Gasteiger partial charge in [0.1, 0.15) is 5.82 Å². The van der Waals surface area contributed by atoms with Gasteiger partial charge in [-0.15, -0.1) is 0 Å². The van der Waals surface area contributed by atoms with Crippen LogP contribution in [0.4, 0.5) is 4.39 Å². The molecule has 1 fully saturated rings. The van der Waals surface area contributed by atoms with Crippen LogP contribution in [0.15, 0.2) is 24.3 Å². The quantitative estimate of drug-likeness (QED) is 0.783. The molecule has 2 N–H and O–H groups in total. The minimum absolute atomic E-state index is 0.271. The van der Waals surface area contributed by atoms with Crippen LogP contribution in [-0.2, 0) is 9.59 Å². The van der Waals surface area contributed by atoms with E-state index in [0.717, 1.165) is 6.42 Å². The molecule has 0 saturated carbocycles. The van der Waals surface area contributed by atoms with Gasteiger partial charge < -0.3 is 10.6 Å². The number of amides is 2. The molecule has 1 aliphatic heterocycles. The Morgan fingerprint density at radius 2 is 2.11 bits per heavy atom. The van der Waals surface area contributed by atoms with Crippen LogP contribution < -0.4 is 5.73 Å². The van der Waals surface area contributed by atoms with Crippen LogP contribution in [0.2, 0.25) is 0 Å². The van der Waals surface area contributed by atoms with Crippen LogP contribution >= 0.6 is 0 Å². The Kier molecular flexibility index (Phi) is 3.83. The molecule has 0 spiro atoms. The summed E-state index contributed by atoms with van der Waals surface area (Å²) in [4.78, 5) is 24.4. The third kappa shape index (κ3) is 2.92. The first-order valence-electron chi connectivity index (χ1n) is 6.35. The fraction of sp³-hybridized carbons (Fsp3) is 0.429. The maximum Gasteiger partial charge on any atom is 0.312 e. The molecule has 1 heterocycles. The second-order valence-corrected chi connectivity index (χ2v) is 5.08. The lowest BCUT2D eigenvalue weighted by Gasteiger charge is -2.38. The van der Waals surface area contributed by atoms with Crippen molar-refractivity contribution in [3.05, 3.63) is 35.6 Å². The largest absolute Gasteiger partial charge is 0.361 e. The van der Waals surface area contributed by atoms with Gasteiger partial charge in [0.05, 0.1) is 6.04 Å². The van der Waals surface area contributed by atoms with Gasteiger partial charge in [-0.2, -0.15) is 0 Å². The number of likely N-dealkylation sites (tertiary alicyclic amines) is 1. The molecular weight excluding hydrogens is 247 g/mol. The van der Waals surface area contributed by atoms with E-state index in [0.29, 0.717) is 24.4 Å². The maximum absolute atomic E-state index is 13.3. The van der Waals surface area contributed by atoms with E-state index < -0.39 is 11.8 Å². The van der Waals surface area contributed by atoms with Gasteiger partial charge in [-0.25, -0.2) is 4.39 Å². The lowest BCUT2D eigenvalue weighted by atomic mass is 9.90. The van der Waals surface area contributed by atoms with Gasteiger partial charge >= 0.3 is 11.8 Å². The summed E-state index contributed by atoms with van der Waals surface area (Å²) >= 11 is 0. The minimum Gasteiger partial charge on any atom is -0.361 e. The van der Waals surface area contributed by atoms with Crippen molar-refractivity contribution in [2.75, 3.05) is 6.54 Å². The normalized spacial score (nSPS) is 23.2. The number of primary amides is 1. The summed E-state index contributed by atoms with van der Waals surface area (Å²) in [5.41, 5.74) is 5.79. The van der Waals surface area contributed by atoms with E-state index in [9.17, 15) is 14.0 Å². The molecule has 19 heavy (non-hydrogen) atoms. The highest BCUT2D eigenvalue weighted by molar-refractivity contribution is 6.34. The van der Waals surface area contributed by atoms with E-state index in [1.165, 1.54) is 17.0 Å². The smallest absolute Gasteiger partial charge is 0.312 e. The fourth-order valence-corrected chi connectivity index (χ4v) is 2.58. The number of nitrogens with zero attached hydrogens (tertiary/aromatic N) is 1. The van der Waals surface area contributed by atoms with Gasteiger partial charge in [0, 0.05) is 6.54 Å². The number of carbonyl (C=O) groups is 2. The van der Waals surface area contributed by atoms with E-state index in [1.807, 2.05) is 6.92 Å². The Labute approximate surface area is 111 Å². The Morgan fingerprint density at radius 1 is 1.37 bits per heavy atom. The monoisotopic (exact) mass is 264 g/mol. The van der Waals surface area contributed by atoms with Crippen LogP contribution in [-0.4, -0.2) is 23.3 Å². The standard InChI is InChI=1S/C14H17FN2O2/c1-9-5-6-12(10-3-2-4-11(15)7-10)17(8-9)14(19)13(16)18/h2-4,7,9,12H,5-6,8H2,1H3,(H2,16,18)/t9-,12?/m0/s1. The molecule has 0 aromatic heterocycles. The van der Waals surface area contributed by atoms with Crippen LogP contribution in [0.1, 0.15) is 31.4 Å². The molecule has 0 aliphatic carbocycles. The molecule has 5 heteroatoms. The van der Waals surface area contributed by atoms with Gasteiger partial charge in [0.15, 0.2) is 0 Å². The molecule has 1 saturated heterocycles. The number of benzene rings is 1. The number of halogens is 1. The summed E-state index contributed by atoms with van der Waals surface area (Å²) in [6.45, 7) is 2.49. The average molecular weight is 264 g/mol. The van der Waals surface area contributed by atoms with Crippen molar-refractivity contribution in [1.82, 2.24) is 4.90 Å². The maximum atomic E-state index is 13.3. The molecule has 2 atom stereocenters. The molecular formula is C14H17FN2O2. The highest BCUT2D eigenvalue weighted by atomic mass is 19.1. The SMILES string of the molecule is C[C@H]1CCC(c2cccc(F)c2)N(C(=O)C(N)=O)C1. The number of nitrogens with two attached hydrogens (primary N) is 1. The number of hydrogen-bond donors (Lipinski definition) is 1. The van der Waals surface area contributed by atoms with Crippen molar-refractivity contribution >= 4 is 11.8 Å². The zero-order valence-corrected chi connectivity index (χ0v) is 10.8. The van der Waals surface area contributed by atoms with E-state index >= 15 is 0 Å². The first-order valence-corrected chi connectivity index (χ1v) is 6.35. The molecule has 1 aromatic carbocycles. The van der Waals surface area contributed by atoms with Crippen molar-refractivity contribution in [2.45, 2.75) is 25.8 Å². The van der Waals surface area contributed by atoms with Crippen molar-refractivity contribution < 1.29 is 14.0 Å². The Morgan fingerprint density at radius 3 is 2.74 bits per heavy atom. The van der Waals surface area contributed by atoms with E-state index in [-0.39, 0.29) is 11.9 Å². The second kappa shape index (κ2) is 5.38. The van der Waals surface area contributed by atoms with Crippen LogP contribution in [0.5, 0.6) is 0 Å². The molecule has 102 valence electrons. The highest BCUT2D eigenvalue weighted by Crippen LogP contribution is 2.33. The third-order valence-electron chi connectivity index (χ3n) is 3.52. The van der Waals surface area contributed by atoms with E-state index in [2.05, 4.69) is 0 Å². The van der Waals surface area contributed by atoms with Crippen LogP contribution in [0.3, 0.4) is 0 Å². The molecule has 2 amide bonds. The molecule has 1 aliphatic rings. The van der Waals surface area contributed by atoms with E-state index in [4.69, 9.17) is 5.73 Å². The zero-order chi connectivity index (χ0) is 14.0. The predicted molar refractivity (Wildman–Crippen MR) is 68.4 cm³/mol. The Balaban J connectivity index is 2.30. The number of rotatable bonds is 1. The zero-order valence-electron chi connectivity index (χ0n) is 10.8. The molecule has 0 bridgehead atoms. The third-order valence-corrected chi connectivity index (χ3v) is 3.52. The average Bonchev–Trinajstić information content (AvgIpc) is 2.37. The first-order chi connectivity index (χ1) is 8.99. The molecule has 1 aromatic rings. The molecule has 4 nitrogen and oxygen atoms in total. The van der Waals surface area contributed by atoms with Gasteiger partial charge in [-0.1, -0.05) is 19.1 Å². The summed E-state index contributed by atoms with van der Waals surface area (Å²) < 4.78 is 13.3. The summed E-state index contributed by atoms with van der Waals surface area (Å²) in [6.07, 6.45) is 1.65. The topological polar surface area (TPSA) is 63.4 Å². The lowest BCUT2D eigenvalue weighted by molar-refractivity contribution is -0.147. The summed E-state index contributed by atoms with van der Waals surface area (Å²) in [5, 5.41) is 0. The highest BCUT2D eigenvalue weighted by Gasteiger charge is 2.33. The summed E-state index contributed by atoms with van der Waals surface area (Å²) in [7, 11) is 0. The fourth-order valence-electron chi connectivity index (χ4n) is 2.58. The molecule has 1 unspecified atom stereocenters. The summed E-state index contributed by atoms with van der Waals surface area (Å²) in [5.74, 6) is -1.69. The van der Waals surface area contributed by atoms with Gasteiger partial charge in [-0.05, 0) is 36.5 Å². The van der Waals surface area contributed by atoms with Gasteiger partial charge in [0.25, 0.3) is 0 Å².